The summed E-state index contributed by atoms with van der Waals surface area (Å²) in [7, 11) is 0. The molecule has 0 aliphatic carbocycles. The van der Waals surface area contributed by atoms with Crippen molar-refractivity contribution in [1.29, 1.82) is 0 Å². The van der Waals surface area contributed by atoms with Crippen LogP contribution >= 0.6 is 0 Å². The Morgan fingerprint density at radius 1 is 1.14 bits per heavy atom. The number of carboxylic acid groups (broad SMARTS) is 1. The number of carboxylic acids is 1. The maximum Gasteiger partial charge on any atom is 0.308 e. The van der Waals surface area contributed by atoms with Gasteiger partial charge in [-0.1, -0.05) is 42.5 Å². The van der Waals surface area contributed by atoms with Gasteiger partial charge in [0, 0.05) is 6.54 Å². The molecule has 0 spiro atoms. The molecule has 0 bridgehead atoms. The van der Waals surface area contributed by atoms with E-state index in [2.05, 4.69) is 5.32 Å². The summed E-state index contributed by atoms with van der Waals surface area (Å²) in [5.74, 6) is -1.93. The first-order valence-corrected chi connectivity index (χ1v) is 9.06. The lowest BCUT2D eigenvalue weighted by molar-refractivity contribution is -0.141. The number of benzene rings is 2. The predicted octanol–water partition coefficient (Wildman–Crippen LogP) is 1.86. The highest BCUT2D eigenvalue weighted by Gasteiger charge is 2.32. The van der Waals surface area contributed by atoms with Gasteiger partial charge in [0.15, 0.2) is 6.10 Å². The van der Waals surface area contributed by atoms with Crippen molar-refractivity contribution in [2.45, 2.75) is 19.4 Å². The number of nitrogens with zero attached hydrogens (tertiary/aromatic N) is 1. The molecule has 2 N–H and O–H groups in total. The van der Waals surface area contributed by atoms with Crippen LogP contribution in [-0.4, -0.2) is 42.1 Å². The minimum atomic E-state index is -0.981. The van der Waals surface area contributed by atoms with Crippen molar-refractivity contribution in [3.05, 3.63) is 60.2 Å². The Hall–Kier alpha value is -3.35. The molecule has 1 aliphatic heterocycles. The zero-order valence-electron chi connectivity index (χ0n) is 15.5. The van der Waals surface area contributed by atoms with E-state index in [4.69, 9.17) is 4.74 Å². The van der Waals surface area contributed by atoms with Crippen LogP contribution in [0.25, 0.3) is 0 Å². The van der Waals surface area contributed by atoms with E-state index in [9.17, 15) is 19.5 Å². The van der Waals surface area contributed by atoms with E-state index < -0.39 is 23.9 Å². The van der Waals surface area contributed by atoms with Crippen molar-refractivity contribution in [3.63, 3.8) is 0 Å². The molecule has 0 saturated heterocycles. The minimum Gasteiger partial charge on any atom is -0.481 e. The van der Waals surface area contributed by atoms with E-state index in [1.54, 1.807) is 31.2 Å². The third-order valence-electron chi connectivity index (χ3n) is 4.60. The van der Waals surface area contributed by atoms with Crippen LogP contribution in [-0.2, 0) is 20.8 Å². The summed E-state index contributed by atoms with van der Waals surface area (Å²) in [4.78, 5) is 37.8. The summed E-state index contributed by atoms with van der Waals surface area (Å²) >= 11 is 0. The molecular formula is C21H22N2O5. The van der Waals surface area contributed by atoms with E-state index in [0.717, 1.165) is 5.56 Å². The van der Waals surface area contributed by atoms with Crippen molar-refractivity contribution in [1.82, 2.24) is 5.32 Å². The Bertz CT molecular complexity index is 868. The average molecular weight is 382 g/mol. The molecule has 0 fully saturated rings. The standard InChI is InChI=1S/C21H22N2O5/c1-14-20(25)23(17-9-5-6-10-18(17)28-14)13-19(24)22-12-16(21(26)27)11-15-7-3-2-4-8-15/h2-10,14,16H,11-13H2,1H3,(H,22,24)(H,26,27)/t14-,16-/m1/s1. The van der Waals surface area contributed by atoms with Gasteiger partial charge in [-0.3, -0.25) is 19.3 Å². The topological polar surface area (TPSA) is 95.9 Å². The number of hydrogen-bond acceptors (Lipinski definition) is 4. The van der Waals surface area contributed by atoms with Gasteiger partial charge < -0.3 is 15.2 Å². The van der Waals surface area contributed by atoms with Gasteiger partial charge in [-0.15, -0.1) is 0 Å². The number of ether oxygens (including phenoxy) is 1. The number of anilines is 1. The van der Waals surface area contributed by atoms with Gasteiger partial charge in [0.2, 0.25) is 5.91 Å². The summed E-state index contributed by atoms with van der Waals surface area (Å²) < 4.78 is 5.55. The first-order valence-electron chi connectivity index (χ1n) is 9.06. The largest absolute Gasteiger partial charge is 0.481 e. The smallest absolute Gasteiger partial charge is 0.308 e. The lowest BCUT2D eigenvalue weighted by atomic mass is 9.99. The van der Waals surface area contributed by atoms with E-state index >= 15 is 0 Å². The fourth-order valence-corrected chi connectivity index (χ4v) is 3.10. The van der Waals surface area contributed by atoms with Crippen LogP contribution in [0.4, 0.5) is 5.69 Å². The summed E-state index contributed by atoms with van der Waals surface area (Å²) in [6, 6.07) is 16.2. The Morgan fingerprint density at radius 2 is 1.82 bits per heavy atom. The Kier molecular flexibility index (Phi) is 5.93. The number of aliphatic carboxylic acids is 1. The lowest BCUT2D eigenvalue weighted by Crippen LogP contribution is -2.49. The number of fused-ring (bicyclic) bond motifs is 1. The van der Waals surface area contributed by atoms with Crippen molar-refractivity contribution in [3.8, 4) is 5.75 Å². The Labute approximate surface area is 162 Å². The maximum absolute atomic E-state index is 12.4. The van der Waals surface area contributed by atoms with Crippen LogP contribution in [0.5, 0.6) is 5.75 Å². The van der Waals surface area contributed by atoms with Crippen LogP contribution in [0.3, 0.4) is 0 Å². The van der Waals surface area contributed by atoms with Gasteiger partial charge in [-0.2, -0.15) is 0 Å². The summed E-state index contributed by atoms with van der Waals surface area (Å²) in [6.07, 6.45) is -0.375. The monoisotopic (exact) mass is 382 g/mol. The fourth-order valence-electron chi connectivity index (χ4n) is 3.10. The highest BCUT2D eigenvalue weighted by atomic mass is 16.5. The molecule has 7 heteroatoms. The van der Waals surface area contributed by atoms with Gasteiger partial charge in [-0.05, 0) is 31.0 Å². The molecule has 2 aromatic carbocycles. The first-order chi connectivity index (χ1) is 13.5. The lowest BCUT2D eigenvalue weighted by Gasteiger charge is -2.32. The van der Waals surface area contributed by atoms with Crippen LogP contribution in [0, 0.1) is 5.92 Å². The molecule has 0 radical (unpaired) electrons. The van der Waals surface area contributed by atoms with Crippen molar-refractivity contribution in [2.24, 2.45) is 5.92 Å². The van der Waals surface area contributed by atoms with Gasteiger partial charge >= 0.3 is 5.97 Å². The molecule has 28 heavy (non-hydrogen) atoms. The Morgan fingerprint density at radius 3 is 2.54 bits per heavy atom. The fraction of sp³-hybridized carbons (Fsp3) is 0.286. The zero-order chi connectivity index (χ0) is 20.1. The van der Waals surface area contributed by atoms with Gasteiger partial charge in [-0.25, -0.2) is 0 Å². The predicted molar refractivity (Wildman–Crippen MR) is 103 cm³/mol. The molecule has 3 rings (SSSR count). The molecule has 0 unspecified atom stereocenters. The molecule has 0 saturated carbocycles. The summed E-state index contributed by atoms with van der Waals surface area (Å²) in [5.41, 5.74) is 1.41. The van der Waals surface area contributed by atoms with Crippen LogP contribution in [0.2, 0.25) is 0 Å². The van der Waals surface area contributed by atoms with Crippen LogP contribution < -0.4 is 15.0 Å². The molecule has 0 aromatic heterocycles. The first kappa shape index (κ1) is 19.4. The number of para-hydroxylation sites is 2. The third kappa shape index (κ3) is 4.49. The number of nitrogens with one attached hydrogen (secondary N) is 1. The van der Waals surface area contributed by atoms with Crippen molar-refractivity contribution in [2.75, 3.05) is 18.0 Å². The molecule has 2 aromatic rings. The number of amides is 2. The van der Waals surface area contributed by atoms with E-state index in [1.165, 1.54) is 4.90 Å². The van der Waals surface area contributed by atoms with Crippen LogP contribution in [0.1, 0.15) is 12.5 Å². The van der Waals surface area contributed by atoms with Gasteiger partial charge in [0.1, 0.15) is 12.3 Å². The van der Waals surface area contributed by atoms with Crippen molar-refractivity contribution < 1.29 is 24.2 Å². The highest BCUT2D eigenvalue weighted by molar-refractivity contribution is 6.03. The SMILES string of the molecule is C[C@H]1Oc2ccccc2N(CC(=O)NC[C@@H](Cc2ccccc2)C(=O)O)C1=O. The van der Waals surface area contributed by atoms with Crippen molar-refractivity contribution >= 4 is 23.5 Å². The summed E-state index contributed by atoms with van der Waals surface area (Å²) in [5, 5.41) is 12.1. The Balaban J connectivity index is 1.63. The zero-order valence-corrected chi connectivity index (χ0v) is 15.5. The number of carbonyl (C=O) groups excluding carboxylic acids is 2. The summed E-state index contributed by atoms with van der Waals surface area (Å²) in [6.45, 7) is 1.42. The average Bonchev–Trinajstić information content (AvgIpc) is 2.69. The maximum atomic E-state index is 12.4. The molecule has 7 nitrogen and oxygen atoms in total. The molecule has 1 aliphatic rings. The minimum absolute atomic E-state index is 0.0151. The molecule has 146 valence electrons. The number of carbonyl (C=O) groups is 3. The molecule has 2 amide bonds. The highest BCUT2D eigenvalue weighted by Crippen LogP contribution is 2.33. The normalized spacial score (nSPS) is 16.7. The van der Waals surface area contributed by atoms with E-state index in [0.29, 0.717) is 17.9 Å². The van der Waals surface area contributed by atoms with E-state index in [-0.39, 0.29) is 19.0 Å². The number of hydrogen-bond donors (Lipinski definition) is 2. The van der Waals surface area contributed by atoms with Crippen LogP contribution in [0.15, 0.2) is 54.6 Å². The van der Waals surface area contributed by atoms with Gasteiger partial charge in [0.05, 0.1) is 11.6 Å². The molecular weight excluding hydrogens is 360 g/mol. The number of rotatable bonds is 7. The second-order valence-corrected chi connectivity index (χ2v) is 6.68. The van der Waals surface area contributed by atoms with E-state index in [1.807, 2.05) is 30.3 Å². The second kappa shape index (κ2) is 8.56. The third-order valence-corrected chi connectivity index (χ3v) is 4.60. The van der Waals surface area contributed by atoms with Gasteiger partial charge in [0.25, 0.3) is 5.91 Å². The quantitative estimate of drug-likeness (QED) is 0.762. The molecule has 2 atom stereocenters. The second-order valence-electron chi connectivity index (χ2n) is 6.68. The molecule has 1 heterocycles.